The maximum absolute atomic E-state index is 13.7. The predicted octanol–water partition coefficient (Wildman–Crippen LogP) is 4.67. The zero-order valence-corrected chi connectivity index (χ0v) is 17.2. The molecule has 2 amide bonds. The summed E-state index contributed by atoms with van der Waals surface area (Å²) in [7, 11) is 0. The number of para-hydroxylation sites is 1. The summed E-state index contributed by atoms with van der Waals surface area (Å²) in [4.78, 5) is 30.4. The summed E-state index contributed by atoms with van der Waals surface area (Å²) in [5.41, 5.74) is 2.98. The molecule has 3 aromatic carbocycles. The van der Waals surface area contributed by atoms with E-state index >= 15 is 0 Å². The molecule has 4 nitrogen and oxygen atoms in total. The minimum atomic E-state index is -0.673. The largest absolute Gasteiger partial charge is 0.337 e. The summed E-state index contributed by atoms with van der Waals surface area (Å²) in [6.07, 6.45) is 0.632. The number of hydrogen-bond donors (Lipinski definition) is 0. The van der Waals surface area contributed by atoms with Gasteiger partial charge in [-0.15, -0.1) is 0 Å². The van der Waals surface area contributed by atoms with Crippen molar-refractivity contribution in [1.29, 1.82) is 0 Å². The number of carbonyl (C=O) groups is 2. The first-order valence-electron chi connectivity index (χ1n) is 10.1. The first-order chi connectivity index (χ1) is 14.6. The highest BCUT2D eigenvalue weighted by Crippen LogP contribution is 2.48. The van der Waals surface area contributed by atoms with E-state index in [1.54, 1.807) is 29.2 Å². The smallest absolute Gasteiger partial charge is 0.253 e. The molecule has 0 aliphatic carbocycles. The highest BCUT2D eigenvalue weighted by molar-refractivity contribution is 6.30. The van der Waals surface area contributed by atoms with Crippen molar-refractivity contribution >= 4 is 29.1 Å². The van der Waals surface area contributed by atoms with E-state index in [4.69, 9.17) is 11.6 Å². The normalized spacial score (nSPS) is 20.1. The molecular weight excluding hydrogens is 396 g/mol. The van der Waals surface area contributed by atoms with Crippen molar-refractivity contribution < 1.29 is 9.59 Å². The lowest BCUT2D eigenvalue weighted by molar-refractivity contribution is -0.122. The Bertz CT molecular complexity index is 1110. The molecule has 5 rings (SSSR count). The predicted molar refractivity (Wildman–Crippen MR) is 118 cm³/mol. The van der Waals surface area contributed by atoms with Crippen molar-refractivity contribution in [3.05, 3.63) is 101 Å². The molecule has 0 N–H and O–H groups in total. The minimum absolute atomic E-state index is 0.0599. The molecule has 30 heavy (non-hydrogen) atoms. The molecule has 0 radical (unpaired) electrons. The fourth-order valence-corrected chi connectivity index (χ4v) is 4.80. The summed E-state index contributed by atoms with van der Waals surface area (Å²) in [6, 6.07) is 24.9. The lowest BCUT2D eigenvalue weighted by Gasteiger charge is -2.25. The monoisotopic (exact) mass is 416 g/mol. The van der Waals surface area contributed by atoms with Gasteiger partial charge in [-0.05, 0) is 47.9 Å². The van der Waals surface area contributed by atoms with Crippen LogP contribution in [0.5, 0.6) is 0 Å². The molecule has 0 saturated carbocycles. The van der Waals surface area contributed by atoms with E-state index in [0.717, 1.165) is 16.8 Å². The zero-order chi connectivity index (χ0) is 20.7. The van der Waals surface area contributed by atoms with Crippen LogP contribution >= 0.6 is 11.6 Å². The van der Waals surface area contributed by atoms with Crippen LogP contribution < -0.4 is 4.90 Å². The number of carbonyl (C=O) groups excluding carboxylic acids is 2. The molecule has 1 atom stereocenters. The van der Waals surface area contributed by atoms with Crippen molar-refractivity contribution in [3.8, 4) is 0 Å². The van der Waals surface area contributed by atoms with E-state index in [2.05, 4.69) is 0 Å². The van der Waals surface area contributed by atoms with Gasteiger partial charge in [0.15, 0.2) is 0 Å². The van der Waals surface area contributed by atoms with Gasteiger partial charge in [0, 0.05) is 29.4 Å². The van der Waals surface area contributed by atoms with Crippen LogP contribution in [0, 0.1) is 0 Å². The number of anilines is 1. The van der Waals surface area contributed by atoms with Crippen molar-refractivity contribution in [1.82, 2.24) is 4.90 Å². The Kier molecular flexibility index (Phi) is 4.59. The Morgan fingerprint density at radius 3 is 2.40 bits per heavy atom. The Morgan fingerprint density at radius 1 is 0.933 bits per heavy atom. The minimum Gasteiger partial charge on any atom is -0.337 e. The van der Waals surface area contributed by atoms with E-state index < -0.39 is 5.41 Å². The van der Waals surface area contributed by atoms with E-state index in [-0.39, 0.29) is 11.8 Å². The van der Waals surface area contributed by atoms with E-state index in [1.807, 2.05) is 59.5 Å². The molecule has 1 unspecified atom stereocenters. The lowest BCUT2D eigenvalue weighted by atomic mass is 9.81. The van der Waals surface area contributed by atoms with Crippen LogP contribution in [0.2, 0.25) is 5.02 Å². The molecule has 150 valence electrons. The molecule has 1 saturated heterocycles. The molecular formula is C25H21ClN2O2. The van der Waals surface area contributed by atoms with E-state index in [0.29, 0.717) is 36.6 Å². The second-order valence-electron chi connectivity index (χ2n) is 7.96. The van der Waals surface area contributed by atoms with E-state index in [9.17, 15) is 9.59 Å². The summed E-state index contributed by atoms with van der Waals surface area (Å²) in [5.74, 6) is 0.0225. The van der Waals surface area contributed by atoms with E-state index in [1.165, 1.54) is 0 Å². The van der Waals surface area contributed by atoms with Gasteiger partial charge in [-0.1, -0.05) is 60.1 Å². The summed E-state index contributed by atoms with van der Waals surface area (Å²) < 4.78 is 0. The average molecular weight is 417 g/mol. The molecule has 3 aromatic rings. The highest BCUT2D eigenvalue weighted by Gasteiger charge is 2.55. The fraction of sp³-hybridized carbons (Fsp3) is 0.200. The Balaban J connectivity index is 1.46. The van der Waals surface area contributed by atoms with Crippen LogP contribution in [0.4, 0.5) is 5.69 Å². The van der Waals surface area contributed by atoms with Gasteiger partial charge in [0.1, 0.15) is 0 Å². The number of hydrogen-bond acceptors (Lipinski definition) is 2. The first kappa shape index (κ1) is 18.9. The lowest BCUT2D eigenvalue weighted by Crippen LogP contribution is -2.43. The Morgan fingerprint density at radius 2 is 1.63 bits per heavy atom. The summed E-state index contributed by atoms with van der Waals surface area (Å²) in [6.45, 7) is 1.49. The van der Waals surface area contributed by atoms with Gasteiger partial charge >= 0.3 is 0 Å². The van der Waals surface area contributed by atoms with Crippen molar-refractivity contribution in [2.45, 2.75) is 18.4 Å². The molecule has 2 aliphatic rings. The van der Waals surface area contributed by atoms with Crippen molar-refractivity contribution in [2.75, 3.05) is 18.0 Å². The molecule has 0 aromatic heterocycles. The fourth-order valence-electron chi connectivity index (χ4n) is 4.67. The molecule has 2 aliphatic heterocycles. The van der Waals surface area contributed by atoms with Gasteiger partial charge in [0.25, 0.3) is 5.91 Å². The third-order valence-corrected chi connectivity index (χ3v) is 6.45. The number of rotatable bonds is 3. The Hall–Kier alpha value is -3.11. The van der Waals surface area contributed by atoms with Gasteiger partial charge < -0.3 is 9.80 Å². The average Bonchev–Trinajstić information content (AvgIpc) is 3.32. The van der Waals surface area contributed by atoms with Crippen LogP contribution in [0.3, 0.4) is 0 Å². The van der Waals surface area contributed by atoms with Crippen LogP contribution in [0.15, 0.2) is 78.9 Å². The Labute approximate surface area is 180 Å². The quantitative estimate of drug-likeness (QED) is 0.622. The second kappa shape index (κ2) is 7.29. The molecule has 5 heteroatoms. The third kappa shape index (κ3) is 2.99. The van der Waals surface area contributed by atoms with Crippen LogP contribution in [-0.2, 0) is 16.8 Å². The van der Waals surface area contributed by atoms with Crippen molar-refractivity contribution in [2.24, 2.45) is 0 Å². The maximum atomic E-state index is 13.7. The van der Waals surface area contributed by atoms with Gasteiger partial charge in [0.2, 0.25) is 5.91 Å². The van der Waals surface area contributed by atoms with Gasteiger partial charge in [-0.25, -0.2) is 0 Å². The third-order valence-electron chi connectivity index (χ3n) is 6.20. The van der Waals surface area contributed by atoms with Crippen LogP contribution in [0.1, 0.15) is 27.9 Å². The van der Waals surface area contributed by atoms with Gasteiger partial charge in [-0.3, -0.25) is 9.59 Å². The molecule has 0 bridgehead atoms. The molecule has 1 spiro atoms. The first-order valence-corrected chi connectivity index (χ1v) is 10.5. The number of halogens is 1. The summed E-state index contributed by atoms with van der Waals surface area (Å²) in [5, 5.41) is 0.598. The number of likely N-dealkylation sites (tertiary alicyclic amines) is 1. The van der Waals surface area contributed by atoms with Gasteiger partial charge in [0.05, 0.1) is 12.0 Å². The number of benzene rings is 3. The van der Waals surface area contributed by atoms with Crippen LogP contribution in [-0.4, -0.2) is 29.8 Å². The zero-order valence-electron chi connectivity index (χ0n) is 16.4. The number of fused-ring (bicyclic) bond motifs is 2. The highest BCUT2D eigenvalue weighted by atomic mass is 35.5. The summed E-state index contributed by atoms with van der Waals surface area (Å²) >= 11 is 5.96. The topological polar surface area (TPSA) is 40.6 Å². The second-order valence-corrected chi connectivity index (χ2v) is 8.40. The van der Waals surface area contributed by atoms with Crippen LogP contribution in [0.25, 0.3) is 0 Å². The number of nitrogens with zero attached hydrogens (tertiary/aromatic N) is 2. The SMILES string of the molecule is O=C(c1ccc(Cl)cc1)N1CCC2(C1)C(=O)N(Cc1ccccc1)c1ccccc12. The van der Waals surface area contributed by atoms with Gasteiger partial charge in [-0.2, -0.15) is 0 Å². The number of amides is 2. The van der Waals surface area contributed by atoms with Crippen molar-refractivity contribution in [3.63, 3.8) is 0 Å². The standard InChI is InChI=1S/C25H21ClN2O2/c26-20-12-10-19(11-13-20)23(29)27-15-14-25(17-27)21-8-4-5-9-22(21)28(24(25)30)16-18-6-2-1-3-7-18/h1-13H,14-17H2. The molecule has 1 fully saturated rings. The maximum Gasteiger partial charge on any atom is 0.253 e. The molecule has 2 heterocycles.